The Balaban J connectivity index is 2.15. The largest absolute Gasteiger partial charge is 0.463 e. The Kier molecular flexibility index (Phi) is 26.4. The molecule has 350 valence electrons. The average molecular weight is 902 g/mol. The molecule has 1 aromatic rings. The zero-order chi connectivity index (χ0) is 45.8. The van der Waals surface area contributed by atoms with Gasteiger partial charge in [-0.25, -0.2) is 0 Å². The first-order valence-corrected chi connectivity index (χ1v) is 22.6. The molecule has 22 heteroatoms. The van der Waals surface area contributed by atoms with Crippen molar-refractivity contribution in [1.29, 1.82) is 0 Å². The molecule has 4 amide bonds. The highest BCUT2D eigenvalue weighted by molar-refractivity contribution is 7.51. The molecule has 0 radical (unpaired) electrons. The number of amides is 4. The molecule has 21 nitrogen and oxygen atoms in total. The molecular weight excluding hydrogens is 837 g/mol. The molecule has 0 aromatic heterocycles. The minimum Gasteiger partial charge on any atom is -0.463 e. The lowest BCUT2D eigenvalue weighted by Gasteiger charge is -2.30. The van der Waals surface area contributed by atoms with Crippen LogP contribution >= 0.6 is 7.60 Å². The van der Waals surface area contributed by atoms with Crippen molar-refractivity contribution >= 4 is 49.1 Å². The van der Waals surface area contributed by atoms with E-state index in [0.29, 0.717) is 31.2 Å². The fourth-order valence-corrected chi connectivity index (χ4v) is 6.89. The summed E-state index contributed by atoms with van der Waals surface area (Å²) >= 11 is 0. The Bertz CT molecular complexity index is 1560. The van der Waals surface area contributed by atoms with Crippen molar-refractivity contribution < 1.29 is 76.0 Å². The summed E-state index contributed by atoms with van der Waals surface area (Å²) in [6.45, 7) is 5.64. The molecule has 1 fully saturated rings. The Morgan fingerprint density at radius 1 is 0.645 bits per heavy atom. The fourth-order valence-electron chi connectivity index (χ4n) is 6.13. The second-order valence-corrected chi connectivity index (χ2v) is 16.2. The maximum Gasteiger partial charge on any atom is 0.325 e. The first kappa shape index (κ1) is 53.6. The van der Waals surface area contributed by atoms with Crippen molar-refractivity contribution in [2.24, 2.45) is 5.92 Å². The van der Waals surface area contributed by atoms with Crippen LogP contribution in [0.3, 0.4) is 0 Å². The molecule has 0 saturated heterocycles. The first-order valence-electron chi connectivity index (χ1n) is 20.5. The van der Waals surface area contributed by atoms with E-state index in [4.69, 9.17) is 32.9 Å². The second kappa shape index (κ2) is 30.5. The topological polar surface area (TPSA) is 273 Å². The van der Waals surface area contributed by atoms with Crippen molar-refractivity contribution in [3.8, 4) is 0 Å². The first-order chi connectivity index (χ1) is 29.5. The average Bonchev–Trinajstić information content (AvgIpc) is 3.20. The van der Waals surface area contributed by atoms with E-state index in [-0.39, 0.29) is 123 Å². The van der Waals surface area contributed by atoms with Gasteiger partial charge in [0.2, 0.25) is 23.6 Å². The highest BCUT2D eigenvalue weighted by atomic mass is 31.2. The second-order valence-electron chi connectivity index (χ2n) is 14.4. The van der Waals surface area contributed by atoms with Crippen molar-refractivity contribution in [3.05, 3.63) is 35.4 Å². The normalized spacial score (nSPS) is 16.3. The van der Waals surface area contributed by atoms with Crippen LogP contribution in [-0.4, -0.2) is 162 Å². The standard InChI is InChI=1S/C40H64N5O16P/c1-29(46)58-22-19-55-16-13-41-37(49)27-45(28-38(50)42-14-17-56-20-23-59-30(2)47)36(40(52)43-15-18-57-21-24-60-31(3)48)25-32-5-7-33(8-6-32)26-44-39(51)34-9-11-35(12-10-34)61-62(4,53)54/h5-8,34-36H,9-28H2,1-4H3,(H,41,49)(H,42,50)(H,43,52)(H,44,51)(H,53,54)/t34?,35?,36-/m0/s1. The lowest BCUT2D eigenvalue weighted by atomic mass is 9.87. The zero-order valence-electron chi connectivity index (χ0n) is 36.1. The lowest BCUT2D eigenvalue weighted by Crippen LogP contribution is -2.54. The van der Waals surface area contributed by atoms with E-state index in [1.807, 2.05) is 0 Å². The van der Waals surface area contributed by atoms with Crippen LogP contribution in [0.4, 0.5) is 0 Å². The summed E-state index contributed by atoms with van der Waals surface area (Å²) in [4.78, 5) is 97.3. The van der Waals surface area contributed by atoms with E-state index >= 15 is 0 Å². The summed E-state index contributed by atoms with van der Waals surface area (Å²) in [7, 11) is -3.61. The Morgan fingerprint density at radius 2 is 1.08 bits per heavy atom. The molecule has 1 aliphatic carbocycles. The number of hydrogen-bond donors (Lipinski definition) is 5. The molecule has 1 aliphatic rings. The molecule has 1 aromatic carbocycles. The third-order valence-electron chi connectivity index (χ3n) is 9.03. The molecule has 2 rings (SSSR count). The molecule has 5 N–H and O–H groups in total. The zero-order valence-corrected chi connectivity index (χ0v) is 37.0. The molecule has 62 heavy (non-hydrogen) atoms. The van der Waals surface area contributed by atoms with Gasteiger partial charge in [0, 0.05) is 59.5 Å². The number of benzene rings is 1. The highest BCUT2D eigenvalue weighted by Gasteiger charge is 2.31. The van der Waals surface area contributed by atoms with E-state index in [2.05, 4.69) is 21.3 Å². The Hall–Kier alpha value is -4.50. The molecule has 1 unspecified atom stereocenters. The number of carbonyl (C=O) groups is 7. The summed E-state index contributed by atoms with van der Waals surface area (Å²) in [6.07, 6.45) is 1.79. The van der Waals surface area contributed by atoms with E-state index < -0.39 is 49.3 Å². The summed E-state index contributed by atoms with van der Waals surface area (Å²) in [5.74, 6) is -3.19. The maximum absolute atomic E-state index is 13.9. The predicted octanol–water partition coefficient (Wildman–Crippen LogP) is -0.00580. The number of carbonyl (C=O) groups excluding carboxylic acids is 7. The van der Waals surface area contributed by atoms with Crippen molar-refractivity contribution in [3.63, 3.8) is 0 Å². The Labute approximate surface area is 362 Å². The van der Waals surface area contributed by atoms with Crippen LogP contribution in [-0.2, 0) is 84.0 Å². The van der Waals surface area contributed by atoms with Gasteiger partial charge in [-0.1, -0.05) is 24.3 Å². The van der Waals surface area contributed by atoms with Gasteiger partial charge in [0.15, 0.2) is 0 Å². The lowest BCUT2D eigenvalue weighted by molar-refractivity contribution is -0.143. The third kappa shape index (κ3) is 26.1. The minimum atomic E-state index is -3.61. The number of rotatable bonds is 31. The van der Waals surface area contributed by atoms with Crippen LogP contribution in [0.2, 0.25) is 0 Å². The molecule has 0 heterocycles. The van der Waals surface area contributed by atoms with E-state index in [1.165, 1.54) is 25.7 Å². The summed E-state index contributed by atoms with van der Waals surface area (Å²) in [5, 5.41) is 11.2. The monoisotopic (exact) mass is 901 g/mol. The van der Waals surface area contributed by atoms with Gasteiger partial charge >= 0.3 is 25.5 Å². The van der Waals surface area contributed by atoms with Crippen LogP contribution in [0.1, 0.15) is 57.6 Å². The van der Waals surface area contributed by atoms with Gasteiger partial charge in [0.05, 0.1) is 64.9 Å². The molecule has 0 spiro atoms. The van der Waals surface area contributed by atoms with Crippen LogP contribution < -0.4 is 21.3 Å². The van der Waals surface area contributed by atoms with Gasteiger partial charge in [0.25, 0.3) is 0 Å². The quantitative estimate of drug-likeness (QED) is 0.0284. The number of ether oxygens (including phenoxy) is 6. The smallest absolute Gasteiger partial charge is 0.325 e. The van der Waals surface area contributed by atoms with Gasteiger partial charge in [-0.05, 0) is 43.2 Å². The maximum atomic E-state index is 13.9. The van der Waals surface area contributed by atoms with Gasteiger partial charge in [-0.3, -0.25) is 43.0 Å². The van der Waals surface area contributed by atoms with Crippen LogP contribution in [0.5, 0.6) is 0 Å². The van der Waals surface area contributed by atoms with Gasteiger partial charge in [0.1, 0.15) is 19.8 Å². The fraction of sp³-hybridized carbons (Fsp3) is 0.675. The SMILES string of the molecule is CC(=O)OCCOCCNC(=O)CN(CC(=O)NCCOCCOC(C)=O)[C@@H](Cc1ccc(CNC(=O)C2CCC(OP(C)(=O)O)CC2)cc1)C(=O)NCCOCCOC(C)=O. The van der Waals surface area contributed by atoms with E-state index in [1.54, 1.807) is 24.3 Å². The number of esters is 3. The van der Waals surface area contributed by atoms with Crippen LogP contribution in [0.15, 0.2) is 24.3 Å². The number of nitrogens with one attached hydrogen (secondary N) is 4. The van der Waals surface area contributed by atoms with Gasteiger partial charge in [-0.2, -0.15) is 0 Å². The van der Waals surface area contributed by atoms with Crippen molar-refractivity contribution in [1.82, 2.24) is 26.2 Å². The molecule has 1 saturated carbocycles. The third-order valence-corrected chi connectivity index (χ3v) is 9.72. The number of nitrogens with zero attached hydrogens (tertiary/aromatic N) is 1. The predicted molar refractivity (Wildman–Crippen MR) is 221 cm³/mol. The molecule has 2 atom stereocenters. The van der Waals surface area contributed by atoms with Crippen molar-refractivity contribution in [2.75, 3.05) is 98.9 Å². The van der Waals surface area contributed by atoms with Crippen LogP contribution in [0.25, 0.3) is 0 Å². The summed E-state index contributed by atoms with van der Waals surface area (Å²) < 4.78 is 47.6. The molecular formula is C40H64N5O16P. The van der Waals surface area contributed by atoms with E-state index in [0.717, 1.165) is 12.2 Å². The molecule has 0 aliphatic heterocycles. The van der Waals surface area contributed by atoms with Gasteiger partial charge < -0.3 is 59.1 Å². The van der Waals surface area contributed by atoms with Crippen LogP contribution in [0, 0.1) is 5.92 Å². The minimum absolute atomic E-state index is 0.0456. The number of hydrogen-bond acceptors (Lipinski definition) is 16. The van der Waals surface area contributed by atoms with E-state index in [9.17, 15) is 43.0 Å². The summed E-state index contributed by atoms with van der Waals surface area (Å²) in [5.41, 5.74) is 1.49. The summed E-state index contributed by atoms with van der Waals surface area (Å²) in [6, 6.07) is 6.15. The van der Waals surface area contributed by atoms with Crippen molar-refractivity contribution in [2.45, 2.75) is 71.6 Å². The highest BCUT2D eigenvalue weighted by Crippen LogP contribution is 2.42. The molecule has 0 bridgehead atoms. The Morgan fingerprint density at radius 3 is 1.52 bits per heavy atom. The van der Waals surface area contributed by atoms with Gasteiger partial charge in [-0.15, -0.1) is 0 Å².